The molecule has 0 N–H and O–H groups in total. The van der Waals surface area contributed by atoms with E-state index < -0.39 is 0 Å². The fourth-order valence-corrected chi connectivity index (χ4v) is 9.47. The molecule has 0 spiro atoms. The number of rotatable bonds is 5. The van der Waals surface area contributed by atoms with E-state index in [-0.39, 0.29) is 5.41 Å². The number of hydrogen-bond acceptors (Lipinski definition) is 2. The molecule has 1 aliphatic carbocycles. The summed E-state index contributed by atoms with van der Waals surface area (Å²) in [6, 6.07) is 58.4. The van der Waals surface area contributed by atoms with Crippen LogP contribution in [0.5, 0.6) is 0 Å². The summed E-state index contributed by atoms with van der Waals surface area (Å²) in [4.78, 5) is 0. The lowest BCUT2D eigenvalue weighted by Gasteiger charge is -2.26. The van der Waals surface area contributed by atoms with Gasteiger partial charge in [-0.2, -0.15) is 0 Å². The van der Waals surface area contributed by atoms with Gasteiger partial charge in [-0.1, -0.05) is 181 Å². The molecular weight excluding hydrogens is 733 g/mol. The molecule has 304 valence electrons. The smallest absolute Gasteiger partial charge is 0.179 e. The van der Waals surface area contributed by atoms with Crippen molar-refractivity contribution in [1.29, 1.82) is 0 Å². The van der Waals surface area contributed by atoms with Crippen LogP contribution in [0, 0.1) is 0 Å². The molecule has 9 rings (SSSR count). The summed E-state index contributed by atoms with van der Waals surface area (Å²) in [6.45, 7) is 4.59. The molecule has 1 saturated carbocycles. The van der Waals surface area contributed by atoms with Crippen molar-refractivity contribution in [2.45, 2.75) is 102 Å². The Labute approximate surface area is 355 Å². The fraction of sp³-hybridized carbons (Fsp3) is 0.286. The third kappa shape index (κ3) is 8.26. The van der Waals surface area contributed by atoms with Gasteiger partial charge < -0.3 is 18.0 Å². The Morgan fingerprint density at radius 3 is 1.48 bits per heavy atom. The minimum atomic E-state index is -0.231. The van der Waals surface area contributed by atoms with E-state index in [1.165, 1.54) is 93.7 Å². The second-order valence-corrected chi connectivity index (χ2v) is 17.3. The summed E-state index contributed by atoms with van der Waals surface area (Å²) in [7, 11) is 0. The standard InChI is InChI=1S/C56H58N2O2/c1-56(2,44-26-18-14-10-7-11-15-19-27-44)45-34-38-47(39-35-45)58-49-29-21-22-30-51(49)59-53-41-40-50-55(54(53)58)60-52-31-23-20-28-48(52)57(50)46-36-32-43(33-37-46)42-24-16-12-8-5-3-4-6-9-13-17-25-42/h7,10-11,14-15,18-23,26-42H,3-6,8-9,12-13,16-17,24-25H2,1-2H3. The van der Waals surface area contributed by atoms with Crippen LogP contribution in [0.1, 0.15) is 114 Å². The van der Waals surface area contributed by atoms with E-state index in [1.807, 2.05) is 18.2 Å². The van der Waals surface area contributed by atoms with E-state index >= 15 is 0 Å². The van der Waals surface area contributed by atoms with Crippen molar-refractivity contribution in [3.8, 4) is 11.4 Å². The molecule has 6 aromatic carbocycles. The lowest BCUT2D eigenvalue weighted by atomic mass is 9.78. The van der Waals surface area contributed by atoms with E-state index in [9.17, 15) is 0 Å². The van der Waals surface area contributed by atoms with Gasteiger partial charge in [-0.3, -0.25) is 0 Å². The number of fused-ring (bicyclic) bond motifs is 5. The molecule has 1 fully saturated rings. The Morgan fingerprint density at radius 2 is 0.867 bits per heavy atom. The molecule has 0 saturated heterocycles. The van der Waals surface area contributed by atoms with Crippen LogP contribution < -0.4 is 0 Å². The van der Waals surface area contributed by atoms with Gasteiger partial charge in [0.1, 0.15) is 5.52 Å². The quantitative estimate of drug-likeness (QED) is 0.129. The van der Waals surface area contributed by atoms with Crippen molar-refractivity contribution in [2.24, 2.45) is 0 Å². The van der Waals surface area contributed by atoms with Crippen molar-refractivity contribution < 1.29 is 8.83 Å². The van der Waals surface area contributed by atoms with Crippen molar-refractivity contribution in [3.05, 3.63) is 180 Å². The average Bonchev–Trinajstić information content (AvgIpc) is 3.31. The molecule has 0 aliphatic heterocycles. The van der Waals surface area contributed by atoms with Crippen molar-refractivity contribution in [2.75, 3.05) is 0 Å². The van der Waals surface area contributed by atoms with E-state index in [0.717, 1.165) is 55.8 Å². The first-order chi connectivity index (χ1) is 29.6. The Bertz CT molecular complexity index is 2770. The maximum atomic E-state index is 6.99. The van der Waals surface area contributed by atoms with E-state index in [0.29, 0.717) is 5.92 Å². The van der Waals surface area contributed by atoms with Gasteiger partial charge in [0.05, 0.1) is 16.6 Å². The van der Waals surface area contributed by atoms with Crippen LogP contribution in [-0.2, 0) is 5.41 Å². The molecule has 0 radical (unpaired) electrons. The molecule has 60 heavy (non-hydrogen) atoms. The molecule has 0 amide bonds. The number of hydrogen-bond donors (Lipinski definition) is 0. The minimum Gasteiger partial charge on any atom is -0.453 e. The number of benzene rings is 5. The highest BCUT2D eigenvalue weighted by Crippen LogP contribution is 2.38. The first kappa shape index (κ1) is 39.5. The highest BCUT2D eigenvalue weighted by molar-refractivity contribution is 6.04. The second-order valence-electron chi connectivity index (χ2n) is 17.3. The van der Waals surface area contributed by atoms with Gasteiger partial charge in [0.25, 0.3) is 0 Å². The van der Waals surface area contributed by atoms with E-state index in [1.54, 1.807) is 0 Å². The van der Waals surface area contributed by atoms with Gasteiger partial charge in [-0.25, -0.2) is 0 Å². The third-order valence-corrected chi connectivity index (χ3v) is 12.9. The van der Waals surface area contributed by atoms with Crippen LogP contribution in [0.4, 0.5) is 0 Å². The molecule has 2 heterocycles. The van der Waals surface area contributed by atoms with Gasteiger partial charge in [0.15, 0.2) is 22.3 Å². The molecule has 4 nitrogen and oxygen atoms in total. The predicted molar refractivity (Wildman–Crippen MR) is 252 cm³/mol. The highest BCUT2D eigenvalue weighted by Gasteiger charge is 2.24. The summed E-state index contributed by atoms with van der Waals surface area (Å²) < 4.78 is 18.4. The summed E-state index contributed by atoms with van der Waals surface area (Å²) in [5.74, 6) is 0.615. The first-order valence-electron chi connectivity index (χ1n) is 22.5. The lowest BCUT2D eigenvalue weighted by molar-refractivity contribution is 0.501. The molecule has 1 aliphatic rings. The maximum Gasteiger partial charge on any atom is 0.179 e. The first-order valence-corrected chi connectivity index (χ1v) is 22.5. The number of nitrogens with zero attached hydrogens (tertiary/aromatic N) is 2. The zero-order valence-corrected chi connectivity index (χ0v) is 35.4. The van der Waals surface area contributed by atoms with E-state index in [4.69, 9.17) is 8.83 Å². The van der Waals surface area contributed by atoms with Gasteiger partial charge >= 0.3 is 0 Å². The Hall–Kier alpha value is -6.00. The van der Waals surface area contributed by atoms with Crippen molar-refractivity contribution >= 4 is 44.4 Å². The number of aromatic nitrogens is 2. The fourth-order valence-electron chi connectivity index (χ4n) is 9.47. The molecule has 4 heteroatoms. The summed E-state index contributed by atoms with van der Waals surface area (Å²) in [6.07, 6.45) is 16.3. The maximum absolute atomic E-state index is 6.99. The van der Waals surface area contributed by atoms with Crippen molar-refractivity contribution in [3.63, 3.8) is 0 Å². The molecule has 2 aromatic heterocycles. The van der Waals surface area contributed by atoms with Crippen LogP contribution in [0.25, 0.3) is 55.8 Å². The second kappa shape index (κ2) is 18.1. The Kier molecular flexibility index (Phi) is 11.9. The Balaban J connectivity index is 1.17. The summed E-state index contributed by atoms with van der Waals surface area (Å²) in [5, 5.41) is 0. The Morgan fingerprint density at radius 1 is 0.400 bits per heavy atom. The summed E-state index contributed by atoms with van der Waals surface area (Å²) in [5.41, 5.74) is 12.9. The molecule has 0 atom stereocenters. The minimum absolute atomic E-state index is 0.231. The average molecular weight is 791 g/mol. The monoisotopic (exact) mass is 790 g/mol. The van der Waals surface area contributed by atoms with Gasteiger partial charge in [-0.15, -0.1) is 0 Å². The van der Waals surface area contributed by atoms with Crippen LogP contribution in [0.3, 0.4) is 0 Å². The van der Waals surface area contributed by atoms with Crippen molar-refractivity contribution in [1.82, 2.24) is 9.13 Å². The van der Waals surface area contributed by atoms with Crippen LogP contribution in [-0.4, -0.2) is 9.13 Å². The molecule has 0 bridgehead atoms. The normalized spacial score (nSPS) is 15.0. The van der Waals surface area contributed by atoms with E-state index in [2.05, 4.69) is 169 Å². The molecular formula is C56H58N2O2. The topological polar surface area (TPSA) is 36.1 Å². The van der Waals surface area contributed by atoms with Gasteiger partial charge in [-0.05, 0) is 96.1 Å². The number of para-hydroxylation sites is 4. The van der Waals surface area contributed by atoms with Gasteiger partial charge in [0.2, 0.25) is 0 Å². The highest BCUT2D eigenvalue weighted by atomic mass is 16.3. The van der Waals surface area contributed by atoms with Gasteiger partial charge in [0, 0.05) is 16.8 Å². The summed E-state index contributed by atoms with van der Waals surface area (Å²) >= 11 is 0. The molecule has 0 unspecified atom stereocenters. The molecule has 8 aromatic rings. The van der Waals surface area contributed by atoms with Crippen LogP contribution in [0.2, 0.25) is 0 Å². The lowest BCUT2D eigenvalue weighted by Crippen LogP contribution is -2.18. The zero-order chi connectivity index (χ0) is 40.7. The predicted octanol–water partition coefficient (Wildman–Crippen LogP) is 16.4. The van der Waals surface area contributed by atoms with Crippen LogP contribution >= 0.6 is 0 Å². The zero-order valence-electron chi connectivity index (χ0n) is 35.4. The van der Waals surface area contributed by atoms with Crippen LogP contribution in [0.15, 0.2) is 173 Å². The largest absolute Gasteiger partial charge is 0.453 e. The SMILES string of the molecule is CC(C)(c1ccccccccc1)c1ccc(-n2c3ccccc3oc3ccc4c(oc5ccccc5n4-c4ccc(C5CCCCCCCCCCCC5)cc4)c32)cc1. The third-order valence-electron chi connectivity index (χ3n) is 12.9.